The van der Waals surface area contributed by atoms with Crippen molar-refractivity contribution in [3.63, 3.8) is 0 Å². The van der Waals surface area contributed by atoms with Gasteiger partial charge in [-0.05, 0) is 56.0 Å². The summed E-state index contributed by atoms with van der Waals surface area (Å²) in [6, 6.07) is 80.2. The summed E-state index contributed by atoms with van der Waals surface area (Å²) in [5.41, 5.74) is 9.78. The first-order valence-electron chi connectivity index (χ1n) is 22.2. The highest BCUT2D eigenvalue weighted by molar-refractivity contribution is 7.85. The van der Waals surface area contributed by atoms with Gasteiger partial charge in [-0.25, -0.2) is 0 Å². The van der Waals surface area contributed by atoms with Crippen molar-refractivity contribution in [1.82, 2.24) is 0 Å². The van der Waals surface area contributed by atoms with E-state index in [4.69, 9.17) is 0 Å². The zero-order valence-electron chi connectivity index (χ0n) is 36.2. The minimum atomic E-state index is -3.29. The Morgan fingerprint density at radius 3 is 0.769 bits per heavy atom. The van der Waals surface area contributed by atoms with Crippen LogP contribution in [0.2, 0.25) is 0 Å². The van der Waals surface area contributed by atoms with Gasteiger partial charge >= 0.3 is 0 Å². The first-order chi connectivity index (χ1) is 31.9. The highest BCUT2D eigenvalue weighted by Gasteiger charge is 2.32. The third-order valence-corrected chi connectivity index (χ3v) is 19.0. The van der Waals surface area contributed by atoms with Crippen molar-refractivity contribution in [3.8, 4) is 44.5 Å². The van der Waals surface area contributed by atoms with Crippen LogP contribution in [0.25, 0.3) is 44.5 Å². The molecule has 0 saturated carbocycles. The van der Waals surface area contributed by atoms with E-state index in [1.54, 1.807) is 0 Å². The number of allylic oxidation sites excluding steroid dienone is 4. The third kappa shape index (κ3) is 8.29. The molecule has 314 valence electrons. The first kappa shape index (κ1) is 41.9. The lowest BCUT2D eigenvalue weighted by Crippen LogP contribution is -2.25. The van der Waals surface area contributed by atoms with Gasteiger partial charge in [-0.15, -0.1) is 0 Å². The maximum Gasteiger partial charge on any atom is 0.171 e. The van der Waals surface area contributed by atoms with Gasteiger partial charge in [0.25, 0.3) is 0 Å². The number of rotatable bonds is 11. The van der Waals surface area contributed by atoms with Gasteiger partial charge in [0.2, 0.25) is 0 Å². The summed E-state index contributed by atoms with van der Waals surface area (Å²) in [5.74, 6) is 0.660. The monoisotopic (exact) mass is 874 g/mol. The van der Waals surface area contributed by atoms with Crippen molar-refractivity contribution in [2.24, 2.45) is 5.92 Å². The van der Waals surface area contributed by atoms with Crippen molar-refractivity contribution in [3.05, 3.63) is 266 Å². The van der Waals surface area contributed by atoms with Crippen molar-refractivity contribution in [1.29, 1.82) is 0 Å². The van der Waals surface area contributed by atoms with E-state index in [2.05, 4.69) is 153 Å². The summed E-state index contributed by atoms with van der Waals surface area (Å²) < 4.78 is 31.6. The molecule has 4 heteroatoms. The first-order valence-corrected chi connectivity index (χ1v) is 25.6. The molecule has 0 aliphatic heterocycles. The summed E-state index contributed by atoms with van der Waals surface area (Å²) in [5, 5.41) is 4.69. The van der Waals surface area contributed by atoms with Gasteiger partial charge in [-0.3, -0.25) is 0 Å². The van der Waals surface area contributed by atoms with Crippen LogP contribution in [-0.4, -0.2) is 0 Å². The predicted octanol–water partition coefficient (Wildman–Crippen LogP) is 13.5. The molecule has 0 N–H and O–H groups in total. The average molecular weight is 875 g/mol. The number of benzene rings is 9. The second-order valence-corrected chi connectivity index (χ2v) is 22.3. The van der Waals surface area contributed by atoms with Crippen LogP contribution in [0.1, 0.15) is 18.4 Å². The summed E-state index contributed by atoms with van der Waals surface area (Å²) >= 11 is 0. The smallest absolute Gasteiger partial charge is 0.171 e. The topological polar surface area (TPSA) is 34.1 Å². The fourth-order valence-electron chi connectivity index (χ4n) is 9.14. The molecule has 0 radical (unpaired) electrons. The highest BCUT2D eigenvalue weighted by Crippen LogP contribution is 2.45. The molecule has 0 fully saturated rings. The summed E-state index contributed by atoms with van der Waals surface area (Å²) in [7, 11) is -6.58. The van der Waals surface area contributed by atoms with E-state index in [9.17, 15) is 0 Å². The second kappa shape index (κ2) is 18.2. The fourth-order valence-corrected chi connectivity index (χ4v) is 14.3. The Hall–Kier alpha value is -7.08. The Morgan fingerprint density at radius 2 is 0.508 bits per heavy atom. The molecule has 0 amide bonds. The molecule has 1 aliphatic carbocycles. The Kier molecular flexibility index (Phi) is 11.7. The maximum atomic E-state index is 15.8. The molecular formula is C61H48O2P2. The molecule has 65 heavy (non-hydrogen) atoms. The molecule has 2 nitrogen and oxygen atoms in total. The van der Waals surface area contributed by atoms with Gasteiger partial charge in [-0.2, -0.15) is 0 Å². The molecule has 3 atom stereocenters. The Labute approximate surface area is 383 Å². The lowest BCUT2D eigenvalue weighted by atomic mass is 9.84. The average Bonchev–Trinajstić information content (AvgIpc) is 3.39. The molecule has 1 aliphatic rings. The molecular weight excluding hydrogens is 827 g/mol. The minimum absolute atomic E-state index is 0.276. The molecule has 10 rings (SSSR count). The zero-order valence-corrected chi connectivity index (χ0v) is 38.0. The molecule has 0 heterocycles. The highest BCUT2D eigenvalue weighted by atomic mass is 31.2. The van der Waals surface area contributed by atoms with Gasteiger partial charge in [0.05, 0.1) is 0 Å². The van der Waals surface area contributed by atoms with E-state index in [1.807, 2.05) is 115 Å². The summed E-state index contributed by atoms with van der Waals surface area (Å²) in [4.78, 5) is 0. The van der Waals surface area contributed by atoms with Crippen molar-refractivity contribution >= 4 is 46.1 Å². The Bertz CT molecular complexity index is 3110. The third-order valence-electron chi connectivity index (χ3n) is 12.9. The predicted molar refractivity (Wildman–Crippen MR) is 277 cm³/mol. The normalized spacial score (nSPS) is 15.6. The number of hydrogen-bond donors (Lipinski definition) is 0. The van der Waals surface area contributed by atoms with Gasteiger partial charge in [0, 0.05) is 37.7 Å². The van der Waals surface area contributed by atoms with Crippen LogP contribution < -0.4 is 31.8 Å². The SMILES string of the molecule is CC1C=CC=CC1c1ccc(P(=O)(c2ccc(-c3ccccc3)cc2)c2ccc(-c3ccc(P(=O)(c4ccc(-c5ccccc5)cc4)c4ccc(-c5ccccc5)cc4)cc3)cc2)cc1. The molecule has 0 spiro atoms. The number of hydrogen-bond acceptors (Lipinski definition) is 2. The maximum absolute atomic E-state index is 15.8. The Morgan fingerprint density at radius 1 is 0.277 bits per heavy atom. The van der Waals surface area contributed by atoms with Crippen LogP contribution in [0, 0.1) is 5.92 Å². The zero-order chi connectivity index (χ0) is 44.2. The largest absolute Gasteiger partial charge is 0.309 e. The molecule has 0 aromatic heterocycles. The van der Waals surface area contributed by atoms with Gasteiger partial charge in [0.15, 0.2) is 14.3 Å². The second-order valence-electron chi connectivity index (χ2n) is 16.8. The van der Waals surface area contributed by atoms with E-state index in [0.717, 1.165) is 76.3 Å². The van der Waals surface area contributed by atoms with Crippen molar-refractivity contribution < 1.29 is 9.13 Å². The van der Waals surface area contributed by atoms with Gasteiger partial charge in [0.1, 0.15) is 0 Å². The Balaban J connectivity index is 0.991. The standard InChI is InChI=1S/C61H48O2P2/c1-45-13-11-12-20-61(45)54-31-43-60(44-32-54)65(63,57-37-25-51(26-38-57)48-18-9-4-10-19-48)59-41-29-53(30-42-59)52-27-39-58(40-28-52)64(62,55-33-21-49(22-34-55)46-14-5-2-6-15-46)56-35-23-50(24-36-56)47-16-7-3-8-17-47/h2-45,61H,1H3. The van der Waals surface area contributed by atoms with E-state index >= 15 is 9.13 Å². The summed E-state index contributed by atoms with van der Waals surface area (Å²) in [6.45, 7) is 2.24. The molecule has 9 aromatic rings. The molecule has 9 aromatic carbocycles. The summed E-state index contributed by atoms with van der Waals surface area (Å²) in [6.07, 6.45) is 8.71. The lowest BCUT2D eigenvalue weighted by molar-refractivity contribution is 0.591. The molecule has 0 saturated heterocycles. The fraction of sp³-hybridized carbons (Fsp3) is 0.0492. The quantitative estimate of drug-likeness (QED) is 0.121. The van der Waals surface area contributed by atoms with E-state index in [0.29, 0.717) is 5.92 Å². The van der Waals surface area contributed by atoms with Crippen molar-refractivity contribution in [2.75, 3.05) is 0 Å². The minimum Gasteiger partial charge on any atom is -0.309 e. The van der Waals surface area contributed by atoms with Crippen LogP contribution >= 0.6 is 14.3 Å². The van der Waals surface area contributed by atoms with Crippen LogP contribution in [0.3, 0.4) is 0 Å². The van der Waals surface area contributed by atoms with Gasteiger partial charge < -0.3 is 9.13 Å². The molecule has 3 unspecified atom stereocenters. The van der Waals surface area contributed by atoms with Crippen molar-refractivity contribution in [2.45, 2.75) is 12.8 Å². The van der Waals surface area contributed by atoms with Gasteiger partial charge in [-0.1, -0.05) is 268 Å². The van der Waals surface area contributed by atoms with Crippen LogP contribution in [0.15, 0.2) is 261 Å². The van der Waals surface area contributed by atoms with E-state index in [-0.39, 0.29) is 5.92 Å². The molecule has 0 bridgehead atoms. The van der Waals surface area contributed by atoms with Crippen LogP contribution in [0.4, 0.5) is 0 Å². The van der Waals surface area contributed by atoms with E-state index < -0.39 is 14.3 Å². The van der Waals surface area contributed by atoms with Crippen LogP contribution in [0.5, 0.6) is 0 Å². The van der Waals surface area contributed by atoms with E-state index in [1.165, 1.54) is 5.56 Å². The van der Waals surface area contributed by atoms with Crippen LogP contribution in [-0.2, 0) is 9.13 Å². The lowest BCUT2D eigenvalue weighted by Gasteiger charge is -2.24.